The largest absolute Gasteiger partial charge is 0.493 e. The summed E-state index contributed by atoms with van der Waals surface area (Å²) in [6, 6.07) is 5.30. The Kier molecular flexibility index (Phi) is 7.10. The quantitative estimate of drug-likeness (QED) is 0.742. The molecule has 0 radical (unpaired) electrons. The fourth-order valence-electron chi connectivity index (χ4n) is 2.86. The molecule has 0 aliphatic carbocycles. The SMILES string of the molecule is CCCCOc1ccc(C(=O)N2CCCN(C(C)=O)CC2)cc1OC. The summed E-state index contributed by atoms with van der Waals surface area (Å²) >= 11 is 0. The average Bonchev–Trinajstić information content (AvgIpc) is 2.87. The number of amides is 2. The molecule has 138 valence electrons. The standard InChI is InChI=1S/C19H28N2O4/c1-4-5-13-25-17-8-7-16(14-18(17)24-3)19(23)21-10-6-9-20(11-12-21)15(2)22/h7-8,14H,4-6,9-13H2,1-3H3. The van der Waals surface area contributed by atoms with E-state index >= 15 is 0 Å². The van der Waals surface area contributed by atoms with Crippen molar-refractivity contribution in [3.05, 3.63) is 23.8 Å². The fourth-order valence-corrected chi connectivity index (χ4v) is 2.86. The summed E-state index contributed by atoms with van der Waals surface area (Å²) < 4.78 is 11.1. The van der Waals surface area contributed by atoms with Crippen LogP contribution in [0.2, 0.25) is 0 Å². The molecule has 2 rings (SSSR count). The van der Waals surface area contributed by atoms with E-state index in [1.807, 2.05) is 0 Å². The Bertz CT molecular complexity index is 603. The Hall–Kier alpha value is -2.24. The van der Waals surface area contributed by atoms with Crippen LogP contribution in [0.5, 0.6) is 11.5 Å². The van der Waals surface area contributed by atoms with Gasteiger partial charge in [-0.05, 0) is 31.0 Å². The van der Waals surface area contributed by atoms with E-state index in [-0.39, 0.29) is 11.8 Å². The first-order valence-electron chi connectivity index (χ1n) is 8.92. The molecule has 0 N–H and O–H groups in total. The van der Waals surface area contributed by atoms with Gasteiger partial charge in [-0.15, -0.1) is 0 Å². The lowest BCUT2D eigenvalue weighted by Crippen LogP contribution is -2.36. The first-order chi connectivity index (χ1) is 12.1. The number of nitrogens with zero attached hydrogens (tertiary/aromatic N) is 2. The van der Waals surface area contributed by atoms with Crippen LogP contribution >= 0.6 is 0 Å². The van der Waals surface area contributed by atoms with Crippen molar-refractivity contribution >= 4 is 11.8 Å². The summed E-state index contributed by atoms with van der Waals surface area (Å²) in [4.78, 5) is 27.9. The zero-order valence-electron chi connectivity index (χ0n) is 15.4. The molecule has 0 spiro atoms. The lowest BCUT2D eigenvalue weighted by Gasteiger charge is -2.22. The van der Waals surface area contributed by atoms with Gasteiger partial charge in [0.1, 0.15) is 0 Å². The number of carbonyl (C=O) groups is 2. The van der Waals surface area contributed by atoms with Crippen LogP contribution in [0, 0.1) is 0 Å². The second kappa shape index (κ2) is 9.30. The van der Waals surface area contributed by atoms with Crippen molar-refractivity contribution in [2.24, 2.45) is 0 Å². The monoisotopic (exact) mass is 348 g/mol. The third kappa shape index (κ3) is 5.11. The van der Waals surface area contributed by atoms with Gasteiger partial charge in [-0.1, -0.05) is 13.3 Å². The van der Waals surface area contributed by atoms with E-state index < -0.39 is 0 Å². The molecule has 0 atom stereocenters. The van der Waals surface area contributed by atoms with Crippen LogP contribution in [-0.4, -0.2) is 61.5 Å². The van der Waals surface area contributed by atoms with Gasteiger partial charge in [0.25, 0.3) is 5.91 Å². The Morgan fingerprint density at radius 1 is 1.08 bits per heavy atom. The molecule has 1 aromatic rings. The number of rotatable bonds is 6. The lowest BCUT2D eigenvalue weighted by atomic mass is 10.1. The maximum atomic E-state index is 12.8. The van der Waals surface area contributed by atoms with Gasteiger partial charge in [0.15, 0.2) is 11.5 Å². The molecule has 2 amide bonds. The zero-order valence-corrected chi connectivity index (χ0v) is 15.4. The maximum absolute atomic E-state index is 12.8. The van der Waals surface area contributed by atoms with Gasteiger partial charge in [-0.3, -0.25) is 9.59 Å². The summed E-state index contributed by atoms with van der Waals surface area (Å²) in [7, 11) is 1.58. The van der Waals surface area contributed by atoms with Gasteiger partial charge in [0.2, 0.25) is 5.91 Å². The van der Waals surface area contributed by atoms with Gasteiger partial charge in [0.05, 0.1) is 13.7 Å². The van der Waals surface area contributed by atoms with Gasteiger partial charge in [-0.25, -0.2) is 0 Å². The van der Waals surface area contributed by atoms with Crippen molar-refractivity contribution in [1.82, 2.24) is 9.80 Å². The third-order valence-corrected chi connectivity index (χ3v) is 4.39. The molecule has 1 heterocycles. The molecular weight excluding hydrogens is 320 g/mol. The van der Waals surface area contributed by atoms with Crippen LogP contribution in [0.4, 0.5) is 0 Å². The first kappa shape index (κ1) is 19.1. The van der Waals surface area contributed by atoms with Gasteiger partial charge in [0, 0.05) is 38.7 Å². The van der Waals surface area contributed by atoms with Crippen LogP contribution in [0.25, 0.3) is 0 Å². The number of ether oxygens (including phenoxy) is 2. The summed E-state index contributed by atoms with van der Waals surface area (Å²) in [6.07, 6.45) is 2.83. The molecule has 1 fully saturated rings. The van der Waals surface area contributed by atoms with Crippen molar-refractivity contribution < 1.29 is 19.1 Å². The Morgan fingerprint density at radius 3 is 2.48 bits per heavy atom. The molecule has 0 bridgehead atoms. The number of carbonyl (C=O) groups excluding carboxylic acids is 2. The topological polar surface area (TPSA) is 59.1 Å². The van der Waals surface area contributed by atoms with E-state index in [1.165, 1.54) is 0 Å². The van der Waals surface area contributed by atoms with Crippen LogP contribution in [0.3, 0.4) is 0 Å². The summed E-state index contributed by atoms with van der Waals surface area (Å²) in [6.45, 7) is 6.79. The Morgan fingerprint density at radius 2 is 1.80 bits per heavy atom. The van der Waals surface area contributed by atoms with Crippen molar-refractivity contribution in [3.63, 3.8) is 0 Å². The van der Waals surface area contributed by atoms with Crippen LogP contribution in [-0.2, 0) is 4.79 Å². The molecule has 6 nitrogen and oxygen atoms in total. The number of unbranched alkanes of at least 4 members (excludes halogenated alkanes) is 1. The highest BCUT2D eigenvalue weighted by Crippen LogP contribution is 2.29. The minimum absolute atomic E-state index is 0.0381. The Balaban J connectivity index is 2.07. The van der Waals surface area contributed by atoms with E-state index in [1.54, 1.807) is 42.0 Å². The Labute approximate surface area is 149 Å². The van der Waals surface area contributed by atoms with Crippen molar-refractivity contribution in [3.8, 4) is 11.5 Å². The molecule has 1 aliphatic heterocycles. The molecule has 1 aromatic carbocycles. The fraction of sp³-hybridized carbons (Fsp3) is 0.579. The third-order valence-electron chi connectivity index (χ3n) is 4.39. The summed E-state index contributed by atoms with van der Waals surface area (Å²) in [5.41, 5.74) is 0.580. The average molecular weight is 348 g/mol. The molecule has 0 saturated carbocycles. The number of methoxy groups -OCH3 is 1. The number of hydrogen-bond donors (Lipinski definition) is 0. The highest BCUT2D eigenvalue weighted by molar-refractivity contribution is 5.95. The van der Waals surface area contributed by atoms with Crippen molar-refractivity contribution in [2.45, 2.75) is 33.1 Å². The van der Waals surface area contributed by atoms with E-state index in [0.717, 1.165) is 19.3 Å². The van der Waals surface area contributed by atoms with E-state index in [4.69, 9.17) is 9.47 Å². The minimum Gasteiger partial charge on any atom is -0.493 e. The highest BCUT2D eigenvalue weighted by atomic mass is 16.5. The maximum Gasteiger partial charge on any atom is 0.254 e. The van der Waals surface area contributed by atoms with Gasteiger partial charge in [-0.2, -0.15) is 0 Å². The summed E-state index contributed by atoms with van der Waals surface area (Å²) in [5.74, 6) is 1.25. The molecule has 25 heavy (non-hydrogen) atoms. The van der Waals surface area contributed by atoms with Crippen LogP contribution in [0.15, 0.2) is 18.2 Å². The van der Waals surface area contributed by atoms with Crippen molar-refractivity contribution in [1.29, 1.82) is 0 Å². The van der Waals surface area contributed by atoms with E-state index in [2.05, 4.69) is 6.92 Å². The van der Waals surface area contributed by atoms with Crippen LogP contribution in [0.1, 0.15) is 43.5 Å². The van der Waals surface area contributed by atoms with E-state index in [9.17, 15) is 9.59 Å². The molecule has 1 aliphatic rings. The molecule has 6 heteroatoms. The minimum atomic E-state index is -0.0381. The summed E-state index contributed by atoms with van der Waals surface area (Å²) in [5, 5.41) is 0. The predicted molar refractivity (Wildman–Crippen MR) is 96.2 cm³/mol. The van der Waals surface area contributed by atoms with Gasteiger partial charge >= 0.3 is 0 Å². The van der Waals surface area contributed by atoms with Gasteiger partial charge < -0.3 is 19.3 Å². The predicted octanol–water partition coefficient (Wildman–Crippen LogP) is 2.57. The number of hydrogen-bond acceptors (Lipinski definition) is 4. The molecule has 0 unspecified atom stereocenters. The molecule has 1 saturated heterocycles. The second-order valence-electron chi connectivity index (χ2n) is 6.22. The van der Waals surface area contributed by atoms with Crippen LogP contribution < -0.4 is 9.47 Å². The first-order valence-corrected chi connectivity index (χ1v) is 8.92. The second-order valence-corrected chi connectivity index (χ2v) is 6.22. The molecule has 0 aromatic heterocycles. The van der Waals surface area contributed by atoms with Crippen molar-refractivity contribution in [2.75, 3.05) is 39.9 Å². The lowest BCUT2D eigenvalue weighted by molar-refractivity contribution is -0.128. The number of benzene rings is 1. The molecular formula is C19H28N2O4. The smallest absolute Gasteiger partial charge is 0.254 e. The highest BCUT2D eigenvalue weighted by Gasteiger charge is 2.22. The van der Waals surface area contributed by atoms with E-state index in [0.29, 0.717) is 49.8 Å². The normalized spacial score (nSPS) is 14.8. The zero-order chi connectivity index (χ0) is 18.2.